The van der Waals surface area contributed by atoms with Gasteiger partial charge in [-0.15, -0.1) is 0 Å². The minimum absolute atomic E-state index is 0.0563. The Balaban J connectivity index is 2.21. The van der Waals surface area contributed by atoms with Gasteiger partial charge in [0, 0.05) is 37.0 Å². The Morgan fingerprint density at radius 2 is 2.12 bits per heavy atom. The summed E-state index contributed by atoms with van der Waals surface area (Å²) in [7, 11) is 2.08. The van der Waals surface area contributed by atoms with E-state index in [-0.39, 0.29) is 11.5 Å². The number of ketones is 1. The molecule has 2 heteroatoms. The molecule has 1 heterocycles. The van der Waals surface area contributed by atoms with Crippen molar-refractivity contribution in [3.8, 4) is 0 Å². The number of anilines is 1. The minimum Gasteiger partial charge on any atom is -0.370 e. The van der Waals surface area contributed by atoms with Crippen molar-refractivity contribution in [2.45, 2.75) is 31.2 Å². The normalized spacial score (nSPS) is 31.4. The molecule has 88 valence electrons. The van der Waals surface area contributed by atoms with E-state index in [4.69, 9.17) is 0 Å². The van der Waals surface area contributed by atoms with Gasteiger partial charge in [-0.2, -0.15) is 0 Å². The smallest absolute Gasteiger partial charge is 0.139 e. The second kappa shape index (κ2) is 3.22. The molecule has 0 radical (unpaired) electrons. The molecule has 2 nitrogen and oxygen atoms in total. The van der Waals surface area contributed by atoms with Crippen LogP contribution < -0.4 is 4.90 Å². The molecule has 1 aromatic carbocycles. The van der Waals surface area contributed by atoms with Crippen molar-refractivity contribution in [1.82, 2.24) is 0 Å². The van der Waals surface area contributed by atoms with Gasteiger partial charge in [-0.05, 0) is 18.6 Å². The molecule has 1 saturated carbocycles. The van der Waals surface area contributed by atoms with Gasteiger partial charge in [-0.25, -0.2) is 0 Å². The number of Topliss-reactive ketones (excluding diaryl/α,β-unsaturated/α-hetero) is 1. The number of carbonyl (C=O) groups is 1. The van der Waals surface area contributed by atoms with E-state index in [1.54, 1.807) is 0 Å². The van der Waals surface area contributed by atoms with E-state index >= 15 is 0 Å². The summed E-state index contributed by atoms with van der Waals surface area (Å²) in [6, 6.07) is 8.68. The number of benzene rings is 1. The van der Waals surface area contributed by atoms with Crippen LogP contribution in [0.5, 0.6) is 0 Å². The molecule has 1 aliphatic carbocycles. The van der Waals surface area contributed by atoms with Gasteiger partial charge in [0.1, 0.15) is 5.78 Å². The van der Waals surface area contributed by atoms with E-state index in [0.29, 0.717) is 18.6 Å². The third-order valence-electron chi connectivity index (χ3n) is 4.54. The van der Waals surface area contributed by atoms with Gasteiger partial charge in [0.25, 0.3) is 0 Å². The van der Waals surface area contributed by atoms with Crippen LogP contribution in [0, 0.1) is 0 Å². The summed E-state index contributed by atoms with van der Waals surface area (Å²) in [5.74, 6) is 0.317. The first-order chi connectivity index (χ1) is 8.05. The fourth-order valence-electron chi connectivity index (χ4n) is 3.43. The Kier molecular flexibility index (Phi) is 2.00. The van der Waals surface area contributed by atoms with Crippen molar-refractivity contribution < 1.29 is 4.79 Å². The zero-order valence-corrected chi connectivity index (χ0v) is 10.4. The van der Waals surface area contributed by atoms with Crippen LogP contribution >= 0.6 is 0 Å². The van der Waals surface area contributed by atoms with Crippen molar-refractivity contribution in [2.24, 2.45) is 0 Å². The first-order valence-electron chi connectivity index (χ1n) is 6.07. The largest absolute Gasteiger partial charge is 0.370 e. The third-order valence-corrected chi connectivity index (χ3v) is 4.54. The molecule has 1 aliphatic heterocycles. The van der Waals surface area contributed by atoms with Crippen LogP contribution in [-0.2, 0) is 10.2 Å². The average Bonchev–Trinajstić information content (AvgIpc) is 2.53. The van der Waals surface area contributed by atoms with E-state index in [1.807, 2.05) is 0 Å². The molecule has 1 aromatic rings. The second-order valence-corrected chi connectivity index (χ2v) is 5.37. The Labute approximate surface area is 102 Å². The van der Waals surface area contributed by atoms with Crippen LogP contribution in [0.15, 0.2) is 36.4 Å². The highest BCUT2D eigenvalue weighted by Gasteiger charge is 2.51. The van der Waals surface area contributed by atoms with Gasteiger partial charge in [-0.1, -0.05) is 30.4 Å². The van der Waals surface area contributed by atoms with Crippen molar-refractivity contribution >= 4 is 11.5 Å². The first-order valence-corrected chi connectivity index (χ1v) is 6.07. The third kappa shape index (κ3) is 1.18. The van der Waals surface area contributed by atoms with Gasteiger partial charge >= 0.3 is 0 Å². The quantitative estimate of drug-likeness (QED) is 0.635. The number of rotatable bonds is 0. The summed E-state index contributed by atoms with van der Waals surface area (Å²) in [5, 5.41) is 0. The van der Waals surface area contributed by atoms with Crippen molar-refractivity contribution in [1.29, 1.82) is 0 Å². The summed E-state index contributed by atoms with van der Waals surface area (Å²) in [6.07, 6.45) is 1.18. The molecule has 3 rings (SSSR count). The van der Waals surface area contributed by atoms with Crippen molar-refractivity contribution in [3.63, 3.8) is 0 Å². The summed E-state index contributed by atoms with van der Waals surface area (Å²) >= 11 is 0. The van der Waals surface area contributed by atoms with Crippen LogP contribution in [0.4, 0.5) is 5.69 Å². The van der Waals surface area contributed by atoms with Crippen LogP contribution in [0.25, 0.3) is 0 Å². The zero-order chi connectivity index (χ0) is 12.2. The Bertz CT molecular complexity index is 519. The first kappa shape index (κ1) is 10.6. The van der Waals surface area contributed by atoms with Gasteiger partial charge < -0.3 is 4.90 Å². The summed E-state index contributed by atoms with van der Waals surface area (Å²) in [5.41, 5.74) is 3.58. The molecule has 0 amide bonds. The maximum absolute atomic E-state index is 11.8. The zero-order valence-electron chi connectivity index (χ0n) is 10.4. The molecule has 0 saturated heterocycles. The maximum atomic E-state index is 11.8. The lowest BCUT2D eigenvalue weighted by Crippen LogP contribution is -2.47. The molecule has 1 fully saturated rings. The molecule has 0 spiro atoms. The Morgan fingerprint density at radius 1 is 1.41 bits per heavy atom. The lowest BCUT2D eigenvalue weighted by molar-refractivity contribution is -0.120. The SMILES string of the molecule is C=C1CC(=O)CC2N(C)c3ccccc3C12C. The number of nitrogens with zero attached hydrogens (tertiary/aromatic N) is 1. The molecule has 2 unspecified atom stereocenters. The molecule has 2 aliphatic rings. The van der Waals surface area contributed by atoms with Gasteiger partial charge in [0.05, 0.1) is 0 Å². The van der Waals surface area contributed by atoms with Crippen molar-refractivity contribution in [2.75, 3.05) is 11.9 Å². The number of hydrogen-bond donors (Lipinski definition) is 0. The maximum Gasteiger partial charge on any atom is 0.139 e. The summed E-state index contributed by atoms with van der Waals surface area (Å²) in [6.45, 7) is 6.40. The van der Waals surface area contributed by atoms with Crippen LogP contribution in [-0.4, -0.2) is 18.9 Å². The highest BCUT2D eigenvalue weighted by molar-refractivity contribution is 5.87. The highest BCUT2D eigenvalue weighted by atomic mass is 16.1. The standard InChI is InChI=1S/C15H17NO/c1-10-8-11(17)9-14-15(10,2)12-6-4-5-7-13(12)16(14)3/h4-7,14H,1,8-9H2,2-3H3. The highest BCUT2D eigenvalue weighted by Crippen LogP contribution is 2.52. The van der Waals surface area contributed by atoms with Gasteiger partial charge in [0.15, 0.2) is 0 Å². The monoisotopic (exact) mass is 227 g/mol. The van der Waals surface area contributed by atoms with Crippen molar-refractivity contribution in [3.05, 3.63) is 42.0 Å². The Morgan fingerprint density at radius 3 is 2.88 bits per heavy atom. The summed E-state index contributed by atoms with van der Waals surface area (Å²) < 4.78 is 0. The molecular formula is C15H17NO. The van der Waals surface area contributed by atoms with Gasteiger partial charge in [0.2, 0.25) is 0 Å². The van der Waals surface area contributed by atoms with Crippen LogP contribution in [0.1, 0.15) is 25.3 Å². The second-order valence-electron chi connectivity index (χ2n) is 5.37. The van der Waals surface area contributed by atoms with E-state index in [1.165, 1.54) is 11.3 Å². The lowest BCUT2D eigenvalue weighted by atomic mass is 9.66. The fraction of sp³-hybridized carbons (Fsp3) is 0.400. The number of hydrogen-bond acceptors (Lipinski definition) is 2. The van der Waals surface area contributed by atoms with Gasteiger partial charge in [-0.3, -0.25) is 4.79 Å². The molecule has 0 N–H and O–H groups in total. The fourth-order valence-corrected chi connectivity index (χ4v) is 3.43. The van der Waals surface area contributed by atoms with E-state index in [0.717, 1.165) is 5.57 Å². The topological polar surface area (TPSA) is 20.3 Å². The van der Waals surface area contributed by atoms with Crippen LogP contribution in [0.3, 0.4) is 0 Å². The number of carbonyl (C=O) groups excluding carboxylic acids is 1. The minimum atomic E-state index is -0.0563. The van der Waals surface area contributed by atoms with E-state index in [2.05, 4.69) is 49.7 Å². The molecule has 2 atom stereocenters. The number of para-hydroxylation sites is 1. The Hall–Kier alpha value is -1.57. The lowest BCUT2D eigenvalue weighted by Gasteiger charge is -2.40. The molecule has 0 bridgehead atoms. The van der Waals surface area contributed by atoms with E-state index < -0.39 is 0 Å². The van der Waals surface area contributed by atoms with E-state index in [9.17, 15) is 4.79 Å². The predicted molar refractivity (Wildman–Crippen MR) is 69.4 cm³/mol. The van der Waals surface area contributed by atoms with Crippen LogP contribution in [0.2, 0.25) is 0 Å². The number of likely N-dealkylation sites (N-methyl/N-ethyl adjacent to an activating group) is 1. The number of fused-ring (bicyclic) bond motifs is 3. The molecule has 0 aromatic heterocycles. The molecular weight excluding hydrogens is 210 g/mol. The average molecular weight is 227 g/mol. The predicted octanol–water partition coefficient (Wildman–Crippen LogP) is 2.68. The molecule has 17 heavy (non-hydrogen) atoms. The summed E-state index contributed by atoms with van der Waals surface area (Å²) in [4.78, 5) is 14.0.